The standard InChI is InChI=1S/C18H23NO5S/c1-13(20)14-4-2-5-15(12-14)24-9-3-6-16(21)19-18(17(22)23)7-10-25-11-8-18/h2,4-5,12H,3,6-11H2,1H3,(H,19,21)(H,22,23). The van der Waals surface area contributed by atoms with E-state index >= 15 is 0 Å². The van der Waals surface area contributed by atoms with Crippen molar-refractivity contribution in [3.05, 3.63) is 29.8 Å². The summed E-state index contributed by atoms with van der Waals surface area (Å²) in [5.41, 5.74) is -0.548. The topological polar surface area (TPSA) is 92.7 Å². The van der Waals surface area contributed by atoms with E-state index < -0.39 is 11.5 Å². The SMILES string of the molecule is CC(=O)c1cccc(OCCCC(=O)NC2(C(=O)O)CCSCC2)c1. The molecule has 0 saturated carbocycles. The Morgan fingerprint density at radius 2 is 2.00 bits per heavy atom. The van der Waals surface area contributed by atoms with Crippen LogP contribution in [0.25, 0.3) is 0 Å². The van der Waals surface area contributed by atoms with Gasteiger partial charge in [-0.05, 0) is 49.8 Å². The molecule has 1 aliphatic rings. The van der Waals surface area contributed by atoms with Crippen LogP contribution in [0, 0.1) is 0 Å². The molecule has 2 rings (SSSR count). The number of hydrogen-bond donors (Lipinski definition) is 2. The molecule has 1 heterocycles. The number of aliphatic carboxylic acids is 1. The average molecular weight is 365 g/mol. The van der Waals surface area contributed by atoms with E-state index in [0.29, 0.717) is 37.2 Å². The first-order chi connectivity index (χ1) is 11.9. The highest BCUT2D eigenvalue weighted by Crippen LogP contribution is 2.27. The summed E-state index contributed by atoms with van der Waals surface area (Å²) in [5.74, 6) is 0.798. The first-order valence-electron chi connectivity index (χ1n) is 8.29. The summed E-state index contributed by atoms with van der Waals surface area (Å²) in [6.45, 7) is 1.82. The van der Waals surface area contributed by atoms with Crippen LogP contribution in [0.5, 0.6) is 5.75 Å². The third kappa shape index (κ3) is 5.49. The summed E-state index contributed by atoms with van der Waals surface area (Å²) < 4.78 is 5.56. The maximum atomic E-state index is 12.1. The zero-order valence-electron chi connectivity index (χ0n) is 14.2. The number of rotatable bonds is 8. The number of carboxylic acids is 1. The highest BCUT2D eigenvalue weighted by molar-refractivity contribution is 7.99. The fourth-order valence-electron chi connectivity index (χ4n) is 2.67. The fourth-order valence-corrected chi connectivity index (χ4v) is 3.86. The maximum absolute atomic E-state index is 12.1. The van der Waals surface area contributed by atoms with Crippen LogP contribution in [-0.2, 0) is 9.59 Å². The highest BCUT2D eigenvalue weighted by Gasteiger charge is 2.41. The van der Waals surface area contributed by atoms with E-state index in [2.05, 4.69) is 5.32 Å². The van der Waals surface area contributed by atoms with Gasteiger partial charge in [0.2, 0.25) is 5.91 Å². The lowest BCUT2D eigenvalue weighted by Crippen LogP contribution is -2.56. The van der Waals surface area contributed by atoms with Crippen LogP contribution in [-0.4, -0.2) is 46.4 Å². The number of hydrogen-bond acceptors (Lipinski definition) is 5. The maximum Gasteiger partial charge on any atom is 0.329 e. The fraction of sp³-hybridized carbons (Fsp3) is 0.500. The highest BCUT2D eigenvalue weighted by atomic mass is 32.2. The summed E-state index contributed by atoms with van der Waals surface area (Å²) in [5, 5.41) is 12.2. The summed E-state index contributed by atoms with van der Waals surface area (Å²) in [6, 6.07) is 6.89. The molecule has 0 unspecified atom stereocenters. The van der Waals surface area contributed by atoms with Gasteiger partial charge in [0.25, 0.3) is 0 Å². The summed E-state index contributed by atoms with van der Waals surface area (Å²) in [6.07, 6.45) is 1.58. The van der Waals surface area contributed by atoms with Gasteiger partial charge in [-0.15, -0.1) is 0 Å². The van der Waals surface area contributed by atoms with Crippen molar-refractivity contribution in [3.63, 3.8) is 0 Å². The van der Waals surface area contributed by atoms with Crippen LogP contribution < -0.4 is 10.1 Å². The van der Waals surface area contributed by atoms with Gasteiger partial charge in [-0.2, -0.15) is 11.8 Å². The molecule has 1 aliphatic heterocycles. The smallest absolute Gasteiger partial charge is 0.329 e. The van der Waals surface area contributed by atoms with Crippen molar-refractivity contribution < 1.29 is 24.2 Å². The Hall–Kier alpha value is -2.02. The van der Waals surface area contributed by atoms with Crippen LogP contribution in [0.3, 0.4) is 0 Å². The first kappa shape index (κ1) is 19.3. The van der Waals surface area contributed by atoms with Crippen molar-refractivity contribution >= 4 is 29.4 Å². The number of ketones is 1. The van der Waals surface area contributed by atoms with E-state index in [1.165, 1.54) is 6.92 Å². The molecule has 1 amide bonds. The van der Waals surface area contributed by atoms with E-state index in [1.54, 1.807) is 36.0 Å². The number of carbonyl (C=O) groups excluding carboxylic acids is 2. The van der Waals surface area contributed by atoms with E-state index in [0.717, 1.165) is 11.5 Å². The molecule has 0 aliphatic carbocycles. The number of Topliss-reactive ketones (excluding diaryl/α,β-unsaturated/α-hetero) is 1. The first-order valence-corrected chi connectivity index (χ1v) is 9.44. The third-order valence-corrected chi connectivity index (χ3v) is 5.18. The Morgan fingerprint density at radius 1 is 1.28 bits per heavy atom. The molecule has 0 bridgehead atoms. The molecule has 0 aromatic heterocycles. The molecule has 7 heteroatoms. The van der Waals surface area contributed by atoms with Gasteiger partial charge in [0.05, 0.1) is 6.61 Å². The molecule has 6 nitrogen and oxygen atoms in total. The summed E-state index contributed by atoms with van der Waals surface area (Å²) in [4.78, 5) is 35.0. The molecule has 2 N–H and O–H groups in total. The second-order valence-electron chi connectivity index (χ2n) is 6.08. The largest absolute Gasteiger partial charge is 0.494 e. The Labute approximate surface area is 151 Å². The number of carbonyl (C=O) groups is 3. The second kappa shape index (κ2) is 8.89. The van der Waals surface area contributed by atoms with E-state index in [9.17, 15) is 19.5 Å². The molecule has 1 saturated heterocycles. The minimum Gasteiger partial charge on any atom is -0.494 e. The second-order valence-corrected chi connectivity index (χ2v) is 7.31. The molecule has 25 heavy (non-hydrogen) atoms. The van der Waals surface area contributed by atoms with Gasteiger partial charge < -0.3 is 15.2 Å². The summed E-state index contributed by atoms with van der Waals surface area (Å²) >= 11 is 1.71. The van der Waals surface area contributed by atoms with E-state index in [-0.39, 0.29) is 18.1 Å². The van der Waals surface area contributed by atoms with Crippen LogP contribution in [0.2, 0.25) is 0 Å². The molecule has 1 aromatic carbocycles. The Kier molecular flexibility index (Phi) is 6.87. The van der Waals surface area contributed by atoms with Crippen LogP contribution in [0.4, 0.5) is 0 Å². The van der Waals surface area contributed by atoms with Crippen molar-refractivity contribution in [2.45, 2.75) is 38.1 Å². The predicted octanol–water partition coefficient (Wildman–Crippen LogP) is 2.51. The Balaban J connectivity index is 1.77. The zero-order valence-corrected chi connectivity index (χ0v) is 15.1. The van der Waals surface area contributed by atoms with Crippen molar-refractivity contribution in [1.29, 1.82) is 0 Å². The molecule has 1 aromatic rings. The van der Waals surface area contributed by atoms with Crippen LogP contribution in [0.15, 0.2) is 24.3 Å². The Bertz CT molecular complexity index is 640. The van der Waals surface area contributed by atoms with Gasteiger partial charge in [-0.25, -0.2) is 4.79 Å². The number of nitrogens with one attached hydrogen (secondary N) is 1. The minimum atomic E-state index is -1.13. The van der Waals surface area contributed by atoms with Gasteiger partial charge in [-0.3, -0.25) is 9.59 Å². The molecule has 0 spiro atoms. The van der Waals surface area contributed by atoms with Crippen molar-refractivity contribution in [2.24, 2.45) is 0 Å². The Morgan fingerprint density at radius 3 is 2.64 bits per heavy atom. The molecule has 136 valence electrons. The van der Waals surface area contributed by atoms with Crippen LogP contribution >= 0.6 is 11.8 Å². The number of ether oxygens (including phenoxy) is 1. The lowest BCUT2D eigenvalue weighted by Gasteiger charge is -2.33. The number of thioether (sulfide) groups is 1. The molecule has 0 atom stereocenters. The zero-order chi connectivity index (χ0) is 18.3. The number of amides is 1. The van der Waals surface area contributed by atoms with E-state index in [1.807, 2.05) is 0 Å². The number of carboxylic acid groups (broad SMARTS) is 1. The van der Waals surface area contributed by atoms with Gasteiger partial charge in [0.15, 0.2) is 5.78 Å². The van der Waals surface area contributed by atoms with Crippen molar-refractivity contribution in [3.8, 4) is 5.75 Å². The molecular weight excluding hydrogens is 342 g/mol. The van der Waals surface area contributed by atoms with Crippen molar-refractivity contribution in [2.75, 3.05) is 18.1 Å². The van der Waals surface area contributed by atoms with Gasteiger partial charge in [0, 0.05) is 12.0 Å². The minimum absolute atomic E-state index is 0.0329. The molecular formula is C18H23NO5S. The number of benzene rings is 1. The third-order valence-electron chi connectivity index (χ3n) is 4.19. The van der Waals surface area contributed by atoms with Crippen molar-refractivity contribution in [1.82, 2.24) is 5.32 Å². The predicted molar refractivity (Wildman–Crippen MR) is 96.2 cm³/mol. The van der Waals surface area contributed by atoms with Gasteiger partial charge in [0.1, 0.15) is 11.3 Å². The van der Waals surface area contributed by atoms with Crippen LogP contribution in [0.1, 0.15) is 43.0 Å². The summed E-state index contributed by atoms with van der Waals surface area (Å²) in [7, 11) is 0. The molecule has 0 radical (unpaired) electrons. The lowest BCUT2D eigenvalue weighted by atomic mass is 9.92. The van der Waals surface area contributed by atoms with E-state index in [4.69, 9.17) is 4.74 Å². The lowest BCUT2D eigenvalue weighted by molar-refractivity contribution is -0.148. The van der Waals surface area contributed by atoms with Gasteiger partial charge >= 0.3 is 5.97 Å². The normalized spacial score (nSPS) is 16.0. The average Bonchev–Trinajstić information content (AvgIpc) is 2.59. The van der Waals surface area contributed by atoms with Gasteiger partial charge in [-0.1, -0.05) is 12.1 Å². The quantitative estimate of drug-likeness (QED) is 0.543. The molecule has 1 fully saturated rings. The monoisotopic (exact) mass is 365 g/mol.